The summed E-state index contributed by atoms with van der Waals surface area (Å²) >= 11 is 0. The Morgan fingerprint density at radius 3 is 2.54 bits per heavy atom. The average molecular weight is 351 g/mol. The summed E-state index contributed by atoms with van der Waals surface area (Å²) in [5.74, 6) is 0.813. The van der Waals surface area contributed by atoms with Crippen molar-refractivity contribution in [3.8, 4) is 0 Å². The standard InChI is InChI=1S/C19H21N5O2/c1-13-15(14(2)26-22-13)12-23-7-9-24(10-8-23)19(25)18-11-20-16-5-3-4-6-17(16)21-18/h3-6,11H,7-10,12H2,1-2H3. The molecule has 1 aliphatic heterocycles. The topological polar surface area (TPSA) is 75.4 Å². The summed E-state index contributed by atoms with van der Waals surface area (Å²) < 4.78 is 5.23. The summed E-state index contributed by atoms with van der Waals surface area (Å²) in [6, 6.07) is 7.58. The molecule has 26 heavy (non-hydrogen) atoms. The summed E-state index contributed by atoms with van der Waals surface area (Å²) in [5.41, 5.74) is 4.03. The van der Waals surface area contributed by atoms with Gasteiger partial charge in [0.2, 0.25) is 0 Å². The van der Waals surface area contributed by atoms with Gasteiger partial charge in [-0.3, -0.25) is 14.7 Å². The van der Waals surface area contributed by atoms with E-state index in [1.54, 1.807) is 6.20 Å². The second-order valence-electron chi connectivity index (χ2n) is 6.62. The molecule has 2 aromatic heterocycles. The summed E-state index contributed by atoms with van der Waals surface area (Å²) in [5, 5.41) is 4.01. The van der Waals surface area contributed by atoms with Crippen molar-refractivity contribution in [2.75, 3.05) is 26.2 Å². The van der Waals surface area contributed by atoms with E-state index in [2.05, 4.69) is 20.0 Å². The van der Waals surface area contributed by atoms with Gasteiger partial charge in [0.1, 0.15) is 11.5 Å². The maximum Gasteiger partial charge on any atom is 0.274 e. The number of carbonyl (C=O) groups excluding carboxylic acids is 1. The predicted octanol–water partition coefficient (Wildman–Crippen LogP) is 2.19. The van der Waals surface area contributed by atoms with Gasteiger partial charge in [-0.25, -0.2) is 4.98 Å². The number of nitrogens with zero attached hydrogens (tertiary/aromatic N) is 5. The Bertz CT molecular complexity index is 925. The second kappa shape index (κ2) is 6.84. The number of hydrogen-bond donors (Lipinski definition) is 0. The van der Waals surface area contributed by atoms with E-state index in [4.69, 9.17) is 4.52 Å². The first kappa shape index (κ1) is 16.7. The summed E-state index contributed by atoms with van der Waals surface area (Å²) in [7, 11) is 0. The third kappa shape index (κ3) is 3.17. The monoisotopic (exact) mass is 351 g/mol. The van der Waals surface area contributed by atoms with E-state index in [1.165, 1.54) is 0 Å². The fraction of sp³-hybridized carbons (Fsp3) is 0.368. The predicted molar refractivity (Wildman–Crippen MR) is 96.7 cm³/mol. The largest absolute Gasteiger partial charge is 0.361 e. The quantitative estimate of drug-likeness (QED) is 0.720. The van der Waals surface area contributed by atoms with Crippen LogP contribution in [0.25, 0.3) is 11.0 Å². The molecule has 7 nitrogen and oxygen atoms in total. The number of rotatable bonds is 3. The second-order valence-corrected chi connectivity index (χ2v) is 6.62. The molecule has 3 aromatic rings. The van der Waals surface area contributed by atoms with Gasteiger partial charge in [0.05, 0.1) is 22.9 Å². The summed E-state index contributed by atoms with van der Waals surface area (Å²) in [6.45, 7) is 7.69. The zero-order valence-electron chi connectivity index (χ0n) is 15.0. The van der Waals surface area contributed by atoms with E-state index in [0.717, 1.165) is 47.7 Å². The van der Waals surface area contributed by atoms with Crippen molar-refractivity contribution < 1.29 is 9.32 Å². The number of amides is 1. The molecule has 0 aliphatic carbocycles. The Morgan fingerprint density at radius 2 is 1.85 bits per heavy atom. The Kier molecular flexibility index (Phi) is 4.38. The van der Waals surface area contributed by atoms with E-state index in [9.17, 15) is 4.79 Å². The first-order chi connectivity index (χ1) is 12.6. The van der Waals surface area contributed by atoms with Gasteiger partial charge in [0, 0.05) is 38.3 Å². The number of hydrogen-bond acceptors (Lipinski definition) is 6. The molecule has 0 spiro atoms. The number of aryl methyl sites for hydroxylation is 2. The molecule has 134 valence electrons. The van der Waals surface area contributed by atoms with Gasteiger partial charge in [-0.15, -0.1) is 0 Å². The number of aromatic nitrogens is 3. The third-order valence-corrected chi connectivity index (χ3v) is 4.89. The molecule has 3 heterocycles. The van der Waals surface area contributed by atoms with Crippen molar-refractivity contribution >= 4 is 16.9 Å². The van der Waals surface area contributed by atoms with Crippen LogP contribution in [0.1, 0.15) is 27.5 Å². The van der Waals surface area contributed by atoms with Crippen LogP contribution in [0.2, 0.25) is 0 Å². The van der Waals surface area contributed by atoms with E-state index in [1.807, 2.05) is 43.0 Å². The molecule has 0 radical (unpaired) electrons. The average Bonchev–Trinajstić information content (AvgIpc) is 2.99. The fourth-order valence-electron chi connectivity index (χ4n) is 3.28. The highest BCUT2D eigenvalue weighted by Crippen LogP contribution is 2.17. The molecule has 1 saturated heterocycles. The fourth-order valence-corrected chi connectivity index (χ4v) is 3.28. The van der Waals surface area contributed by atoms with Crippen LogP contribution in [0.15, 0.2) is 35.0 Å². The number of fused-ring (bicyclic) bond motifs is 1. The molecule has 1 aliphatic rings. The Hall–Kier alpha value is -2.80. The first-order valence-electron chi connectivity index (χ1n) is 8.77. The van der Waals surface area contributed by atoms with Gasteiger partial charge in [0.15, 0.2) is 0 Å². The van der Waals surface area contributed by atoms with Crippen molar-refractivity contribution in [2.24, 2.45) is 0 Å². The van der Waals surface area contributed by atoms with Crippen molar-refractivity contribution in [3.63, 3.8) is 0 Å². The normalized spacial score (nSPS) is 15.5. The van der Waals surface area contributed by atoms with Crippen LogP contribution in [0.3, 0.4) is 0 Å². The van der Waals surface area contributed by atoms with Crippen molar-refractivity contribution in [3.05, 3.63) is 53.2 Å². The lowest BCUT2D eigenvalue weighted by Gasteiger charge is -2.34. The maximum atomic E-state index is 12.8. The van der Waals surface area contributed by atoms with Gasteiger partial charge in [0.25, 0.3) is 5.91 Å². The van der Waals surface area contributed by atoms with Gasteiger partial charge in [-0.05, 0) is 26.0 Å². The number of piperazine rings is 1. The highest BCUT2D eigenvalue weighted by molar-refractivity contribution is 5.93. The minimum atomic E-state index is -0.0553. The zero-order chi connectivity index (χ0) is 18.1. The Balaban J connectivity index is 1.41. The summed E-state index contributed by atoms with van der Waals surface area (Å²) in [6.07, 6.45) is 1.57. The van der Waals surface area contributed by atoms with Crippen LogP contribution in [0, 0.1) is 13.8 Å². The highest BCUT2D eigenvalue weighted by atomic mass is 16.5. The molecule has 0 unspecified atom stereocenters. The summed E-state index contributed by atoms with van der Waals surface area (Å²) in [4.78, 5) is 25.7. The number of carbonyl (C=O) groups is 1. The first-order valence-corrected chi connectivity index (χ1v) is 8.77. The zero-order valence-corrected chi connectivity index (χ0v) is 15.0. The molecule has 0 N–H and O–H groups in total. The Labute approximate surface area is 151 Å². The molecular formula is C19H21N5O2. The molecule has 1 fully saturated rings. The number of para-hydroxylation sites is 2. The van der Waals surface area contributed by atoms with E-state index in [0.29, 0.717) is 18.8 Å². The van der Waals surface area contributed by atoms with Crippen LogP contribution in [0.5, 0.6) is 0 Å². The Morgan fingerprint density at radius 1 is 1.12 bits per heavy atom. The van der Waals surface area contributed by atoms with E-state index < -0.39 is 0 Å². The van der Waals surface area contributed by atoms with E-state index >= 15 is 0 Å². The van der Waals surface area contributed by atoms with Crippen LogP contribution >= 0.6 is 0 Å². The molecular weight excluding hydrogens is 330 g/mol. The molecule has 4 rings (SSSR count). The molecule has 7 heteroatoms. The number of benzene rings is 1. The smallest absolute Gasteiger partial charge is 0.274 e. The van der Waals surface area contributed by atoms with Gasteiger partial charge in [-0.2, -0.15) is 0 Å². The maximum absolute atomic E-state index is 12.8. The molecule has 0 bridgehead atoms. The highest BCUT2D eigenvalue weighted by Gasteiger charge is 2.24. The van der Waals surface area contributed by atoms with Crippen LogP contribution in [-0.2, 0) is 6.54 Å². The van der Waals surface area contributed by atoms with Gasteiger partial charge < -0.3 is 9.42 Å². The van der Waals surface area contributed by atoms with Crippen molar-refractivity contribution in [1.82, 2.24) is 24.9 Å². The SMILES string of the molecule is Cc1noc(C)c1CN1CCN(C(=O)c2cnc3ccccc3n2)CC1. The van der Waals surface area contributed by atoms with Crippen LogP contribution in [-0.4, -0.2) is 57.0 Å². The van der Waals surface area contributed by atoms with Crippen molar-refractivity contribution in [2.45, 2.75) is 20.4 Å². The van der Waals surface area contributed by atoms with Crippen molar-refractivity contribution in [1.29, 1.82) is 0 Å². The van der Waals surface area contributed by atoms with Gasteiger partial charge in [-0.1, -0.05) is 17.3 Å². The minimum Gasteiger partial charge on any atom is -0.361 e. The minimum absolute atomic E-state index is 0.0553. The van der Waals surface area contributed by atoms with Crippen LogP contribution in [0.4, 0.5) is 0 Å². The molecule has 1 aromatic carbocycles. The lowest BCUT2D eigenvalue weighted by molar-refractivity contribution is 0.0622. The lowest BCUT2D eigenvalue weighted by Crippen LogP contribution is -2.48. The van der Waals surface area contributed by atoms with E-state index in [-0.39, 0.29) is 5.91 Å². The molecule has 0 atom stereocenters. The molecule has 0 saturated carbocycles. The van der Waals surface area contributed by atoms with Gasteiger partial charge >= 0.3 is 0 Å². The lowest BCUT2D eigenvalue weighted by atomic mass is 10.1. The third-order valence-electron chi connectivity index (χ3n) is 4.89. The molecule has 1 amide bonds. The van der Waals surface area contributed by atoms with Crippen LogP contribution < -0.4 is 0 Å².